The maximum Gasteiger partial charge on any atom is 0.0877 e. The summed E-state index contributed by atoms with van der Waals surface area (Å²) in [5.74, 6) is 0. The highest BCUT2D eigenvalue weighted by atomic mass is 16.3. The fourth-order valence-corrected chi connectivity index (χ4v) is 1.54. The fraction of sp³-hybridized carbons (Fsp3) is 1.00. The van der Waals surface area contributed by atoms with Crippen molar-refractivity contribution in [1.82, 2.24) is 0 Å². The quantitative estimate of drug-likeness (QED) is 0.540. The second-order valence-electron chi connectivity index (χ2n) is 3.30. The molecule has 0 aromatic heterocycles. The lowest BCUT2D eigenvalue weighted by molar-refractivity contribution is -0.0260. The molecule has 0 bridgehead atoms. The normalized spacial score (nSPS) is 25.8. The lowest BCUT2D eigenvalue weighted by Gasteiger charge is -2.23. The number of rotatable bonds is 1. The molecule has 10 heavy (non-hydrogen) atoms. The van der Waals surface area contributed by atoms with Crippen LogP contribution in [0.4, 0.5) is 0 Å². The van der Waals surface area contributed by atoms with E-state index in [9.17, 15) is 5.11 Å². The Kier molecular flexibility index (Phi) is 2.69. The molecule has 0 aromatic rings. The van der Waals surface area contributed by atoms with Gasteiger partial charge in [0.25, 0.3) is 0 Å². The molecule has 0 atom stereocenters. The smallest absolute Gasteiger partial charge is 0.0877 e. The Bertz CT molecular complexity index is 93.4. The second kappa shape index (κ2) is 3.35. The number of hydrogen-bond acceptors (Lipinski definition) is 2. The molecule has 0 spiro atoms. The predicted molar refractivity (Wildman–Crippen MR) is 39.7 cm³/mol. The highest BCUT2D eigenvalue weighted by Gasteiger charge is 2.26. The number of aliphatic hydroxyl groups excluding tert-OH is 1. The van der Waals surface area contributed by atoms with Crippen LogP contribution in [0.1, 0.15) is 38.5 Å². The van der Waals surface area contributed by atoms with Gasteiger partial charge in [0.05, 0.1) is 12.2 Å². The molecule has 0 radical (unpaired) electrons. The van der Waals surface area contributed by atoms with Gasteiger partial charge in [-0.2, -0.15) is 0 Å². The van der Waals surface area contributed by atoms with E-state index in [1.165, 1.54) is 12.8 Å². The van der Waals surface area contributed by atoms with Gasteiger partial charge in [-0.15, -0.1) is 0 Å². The molecule has 2 heteroatoms. The minimum atomic E-state index is -0.740. The molecule has 1 fully saturated rings. The Morgan fingerprint density at radius 3 is 1.90 bits per heavy atom. The van der Waals surface area contributed by atoms with Gasteiger partial charge >= 0.3 is 0 Å². The monoisotopic (exact) mass is 144 g/mol. The molecule has 0 saturated heterocycles. The SMILES string of the molecule is OCC1(O)CCCCCC1. The summed E-state index contributed by atoms with van der Waals surface area (Å²) >= 11 is 0. The van der Waals surface area contributed by atoms with Gasteiger partial charge in [0.2, 0.25) is 0 Å². The number of hydrogen-bond donors (Lipinski definition) is 2. The van der Waals surface area contributed by atoms with Crippen LogP contribution in [0, 0.1) is 0 Å². The molecule has 0 unspecified atom stereocenters. The van der Waals surface area contributed by atoms with E-state index >= 15 is 0 Å². The first-order valence-electron chi connectivity index (χ1n) is 4.10. The van der Waals surface area contributed by atoms with E-state index in [0.29, 0.717) is 0 Å². The Hall–Kier alpha value is -0.0800. The maximum atomic E-state index is 9.61. The third-order valence-electron chi connectivity index (χ3n) is 2.33. The second-order valence-corrected chi connectivity index (χ2v) is 3.30. The molecule has 1 saturated carbocycles. The van der Waals surface area contributed by atoms with E-state index in [-0.39, 0.29) is 6.61 Å². The lowest BCUT2D eigenvalue weighted by atomic mass is 9.96. The van der Waals surface area contributed by atoms with E-state index in [4.69, 9.17) is 5.11 Å². The van der Waals surface area contributed by atoms with Crippen LogP contribution in [-0.2, 0) is 0 Å². The van der Waals surface area contributed by atoms with Crippen LogP contribution in [0.25, 0.3) is 0 Å². The number of aliphatic hydroxyl groups is 2. The summed E-state index contributed by atoms with van der Waals surface area (Å²) < 4.78 is 0. The van der Waals surface area contributed by atoms with Crippen molar-refractivity contribution in [2.75, 3.05) is 6.61 Å². The van der Waals surface area contributed by atoms with Crippen LogP contribution in [0.2, 0.25) is 0 Å². The summed E-state index contributed by atoms with van der Waals surface area (Å²) in [7, 11) is 0. The van der Waals surface area contributed by atoms with Crippen LogP contribution in [0.3, 0.4) is 0 Å². The van der Waals surface area contributed by atoms with E-state index in [0.717, 1.165) is 25.7 Å². The molecule has 60 valence electrons. The third-order valence-corrected chi connectivity index (χ3v) is 2.33. The highest BCUT2D eigenvalue weighted by Crippen LogP contribution is 2.25. The van der Waals surface area contributed by atoms with Crippen molar-refractivity contribution < 1.29 is 10.2 Å². The lowest BCUT2D eigenvalue weighted by Crippen LogP contribution is -2.31. The topological polar surface area (TPSA) is 40.5 Å². The minimum absolute atomic E-state index is 0.0625. The van der Waals surface area contributed by atoms with Crippen molar-refractivity contribution in [1.29, 1.82) is 0 Å². The molecule has 0 aromatic carbocycles. The van der Waals surface area contributed by atoms with Crippen molar-refractivity contribution in [3.8, 4) is 0 Å². The average Bonchev–Trinajstić information content (AvgIpc) is 2.15. The molecule has 0 aliphatic heterocycles. The first-order valence-corrected chi connectivity index (χ1v) is 4.10. The molecule has 0 amide bonds. The molecule has 1 aliphatic carbocycles. The summed E-state index contributed by atoms with van der Waals surface area (Å²) in [6, 6.07) is 0. The first kappa shape index (κ1) is 8.02. The van der Waals surface area contributed by atoms with Crippen LogP contribution < -0.4 is 0 Å². The van der Waals surface area contributed by atoms with Crippen molar-refractivity contribution in [3.05, 3.63) is 0 Å². The zero-order chi connectivity index (χ0) is 7.45. The maximum absolute atomic E-state index is 9.61. The zero-order valence-corrected chi connectivity index (χ0v) is 6.34. The molecular weight excluding hydrogens is 128 g/mol. The van der Waals surface area contributed by atoms with Gasteiger partial charge < -0.3 is 10.2 Å². The zero-order valence-electron chi connectivity index (χ0n) is 6.34. The van der Waals surface area contributed by atoms with E-state index in [1.54, 1.807) is 0 Å². The summed E-state index contributed by atoms with van der Waals surface area (Å²) in [6.07, 6.45) is 6.12. The van der Waals surface area contributed by atoms with Crippen LogP contribution in [0.5, 0.6) is 0 Å². The Labute approximate surface area is 61.9 Å². The van der Waals surface area contributed by atoms with Crippen molar-refractivity contribution in [2.45, 2.75) is 44.1 Å². The van der Waals surface area contributed by atoms with E-state index < -0.39 is 5.60 Å². The van der Waals surface area contributed by atoms with Crippen LogP contribution >= 0.6 is 0 Å². The molecular formula is C8H16O2. The molecule has 2 nitrogen and oxygen atoms in total. The summed E-state index contributed by atoms with van der Waals surface area (Å²) in [5.41, 5.74) is -0.740. The van der Waals surface area contributed by atoms with Crippen molar-refractivity contribution in [2.24, 2.45) is 0 Å². The van der Waals surface area contributed by atoms with Crippen molar-refractivity contribution in [3.63, 3.8) is 0 Å². The van der Waals surface area contributed by atoms with Gasteiger partial charge in [0, 0.05) is 0 Å². The van der Waals surface area contributed by atoms with Gasteiger partial charge in [0.15, 0.2) is 0 Å². The van der Waals surface area contributed by atoms with Crippen LogP contribution in [-0.4, -0.2) is 22.4 Å². The van der Waals surface area contributed by atoms with Gasteiger partial charge in [-0.05, 0) is 12.8 Å². The molecule has 2 N–H and O–H groups in total. The molecule has 1 rings (SSSR count). The van der Waals surface area contributed by atoms with Gasteiger partial charge in [-0.3, -0.25) is 0 Å². The molecule has 1 aliphatic rings. The minimum Gasteiger partial charge on any atom is -0.393 e. The van der Waals surface area contributed by atoms with E-state index in [2.05, 4.69) is 0 Å². The Balaban J connectivity index is 2.41. The molecule has 0 heterocycles. The Morgan fingerprint density at radius 1 is 1.00 bits per heavy atom. The third kappa shape index (κ3) is 1.96. The highest BCUT2D eigenvalue weighted by molar-refractivity contribution is 4.79. The predicted octanol–water partition coefficient (Wildman–Crippen LogP) is 1.06. The van der Waals surface area contributed by atoms with Crippen molar-refractivity contribution >= 4 is 0 Å². The Morgan fingerprint density at radius 2 is 1.50 bits per heavy atom. The largest absolute Gasteiger partial charge is 0.393 e. The van der Waals surface area contributed by atoms with Gasteiger partial charge in [0.1, 0.15) is 0 Å². The fourth-order valence-electron chi connectivity index (χ4n) is 1.54. The van der Waals surface area contributed by atoms with E-state index in [1.807, 2.05) is 0 Å². The summed E-state index contributed by atoms with van der Waals surface area (Å²) in [4.78, 5) is 0. The average molecular weight is 144 g/mol. The summed E-state index contributed by atoms with van der Waals surface area (Å²) in [5, 5.41) is 18.4. The standard InChI is InChI=1S/C8H16O2/c9-7-8(10)5-3-1-2-4-6-8/h9-10H,1-7H2. The van der Waals surface area contributed by atoms with Crippen LogP contribution in [0.15, 0.2) is 0 Å². The van der Waals surface area contributed by atoms with Gasteiger partial charge in [-0.25, -0.2) is 0 Å². The van der Waals surface area contributed by atoms with Gasteiger partial charge in [-0.1, -0.05) is 25.7 Å². The summed E-state index contributed by atoms with van der Waals surface area (Å²) in [6.45, 7) is -0.0625. The first-order chi connectivity index (χ1) is 4.77.